The number of amides is 1. The third-order valence-corrected chi connectivity index (χ3v) is 6.22. The maximum absolute atomic E-state index is 12.8. The van der Waals surface area contributed by atoms with Crippen molar-refractivity contribution in [2.45, 2.75) is 18.9 Å². The molecule has 1 unspecified atom stereocenters. The lowest BCUT2D eigenvalue weighted by molar-refractivity contribution is -0.117. The molecule has 1 atom stereocenters. The highest BCUT2D eigenvalue weighted by Crippen LogP contribution is 2.34. The Balaban J connectivity index is 1.53. The lowest BCUT2D eigenvalue weighted by Gasteiger charge is -2.18. The zero-order valence-electron chi connectivity index (χ0n) is 16.1. The molecule has 4 aromatic rings. The number of para-hydroxylation sites is 2. The molecule has 0 aliphatic carbocycles. The Labute approximate surface area is 184 Å². The van der Waals surface area contributed by atoms with Crippen molar-refractivity contribution in [2.24, 2.45) is 0 Å². The first-order chi connectivity index (χ1) is 14.6. The largest absolute Gasteiger partial charge is 0.323 e. The maximum atomic E-state index is 12.8. The normalized spacial score (nSPS) is 16.5. The third kappa shape index (κ3) is 3.47. The number of hydrogen-bond acceptors (Lipinski definition) is 2. The molecule has 0 saturated carbocycles. The molecule has 1 fully saturated rings. The first-order valence-electron chi connectivity index (χ1n) is 9.84. The summed E-state index contributed by atoms with van der Waals surface area (Å²) in [6.45, 7) is 1.20. The van der Waals surface area contributed by atoms with Gasteiger partial charge in [-0.3, -0.25) is 4.79 Å². The van der Waals surface area contributed by atoms with E-state index in [1.54, 1.807) is 0 Å². The number of hydrogen-bond donors (Lipinski definition) is 0. The van der Waals surface area contributed by atoms with E-state index >= 15 is 0 Å². The second-order valence-electron chi connectivity index (χ2n) is 7.52. The maximum Gasteiger partial charge on any atom is 0.227 e. The van der Waals surface area contributed by atoms with Gasteiger partial charge in [0.1, 0.15) is 5.82 Å². The highest BCUT2D eigenvalue weighted by molar-refractivity contribution is 6.31. The van der Waals surface area contributed by atoms with Crippen molar-refractivity contribution in [3.05, 3.63) is 94.2 Å². The van der Waals surface area contributed by atoms with E-state index in [0.717, 1.165) is 33.1 Å². The fourth-order valence-corrected chi connectivity index (χ4v) is 4.44. The monoisotopic (exact) mass is 435 g/mol. The summed E-state index contributed by atoms with van der Waals surface area (Å²) in [5.41, 5.74) is 3.87. The molecular formula is C24H19Cl2N3O. The molecule has 1 aromatic heterocycles. The van der Waals surface area contributed by atoms with Gasteiger partial charge in [-0.15, -0.1) is 0 Å². The number of nitrogens with zero attached hydrogens (tertiary/aromatic N) is 3. The van der Waals surface area contributed by atoms with Gasteiger partial charge in [-0.25, -0.2) is 4.98 Å². The smallest absolute Gasteiger partial charge is 0.227 e. The molecule has 5 rings (SSSR count). The summed E-state index contributed by atoms with van der Waals surface area (Å²) < 4.78 is 2.19. The number of rotatable bonds is 4. The molecule has 1 aliphatic rings. The number of imidazole rings is 1. The first kappa shape index (κ1) is 19.2. The molecule has 3 aromatic carbocycles. The van der Waals surface area contributed by atoms with Crippen molar-refractivity contribution >= 4 is 45.8 Å². The lowest BCUT2D eigenvalue weighted by Crippen LogP contribution is -2.24. The van der Waals surface area contributed by atoms with Crippen LogP contribution >= 0.6 is 23.2 Å². The van der Waals surface area contributed by atoms with Crippen LogP contribution in [-0.2, 0) is 11.3 Å². The molecule has 6 heteroatoms. The number of aromatic nitrogens is 2. The first-order valence-corrected chi connectivity index (χ1v) is 10.6. The number of fused-ring (bicyclic) bond motifs is 1. The second-order valence-corrected chi connectivity index (χ2v) is 8.36. The zero-order valence-corrected chi connectivity index (χ0v) is 17.6. The van der Waals surface area contributed by atoms with Crippen LogP contribution in [0.15, 0.2) is 72.8 Å². The highest BCUT2D eigenvalue weighted by Gasteiger charge is 2.34. The predicted molar refractivity (Wildman–Crippen MR) is 121 cm³/mol. The topological polar surface area (TPSA) is 38.1 Å². The van der Waals surface area contributed by atoms with Gasteiger partial charge in [0.25, 0.3) is 0 Å². The van der Waals surface area contributed by atoms with Crippen LogP contribution in [0.1, 0.15) is 23.7 Å². The molecule has 150 valence electrons. The molecule has 0 radical (unpaired) electrons. The molecule has 0 N–H and O–H groups in total. The molecule has 1 amide bonds. The molecule has 2 heterocycles. The fraction of sp³-hybridized carbons (Fsp3) is 0.167. The number of halogens is 2. The minimum atomic E-state index is 0.00284. The van der Waals surface area contributed by atoms with Crippen LogP contribution in [-0.4, -0.2) is 22.0 Å². The summed E-state index contributed by atoms with van der Waals surface area (Å²) in [5, 5.41) is 1.38. The van der Waals surface area contributed by atoms with Crippen LogP contribution in [0.2, 0.25) is 10.0 Å². The minimum Gasteiger partial charge on any atom is -0.323 e. The minimum absolute atomic E-state index is 0.00284. The summed E-state index contributed by atoms with van der Waals surface area (Å²) >= 11 is 12.4. The predicted octanol–water partition coefficient (Wildman–Crippen LogP) is 5.91. The van der Waals surface area contributed by atoms with E-state index in [2.05, 4.69) is 10.6 Å². The van der Waals surface area contributed by atoms with E-state index in [9.17, 15) is 4.79 Å². The number of carbonyl (C=O) groups excluding carboxylic acids is 1. The molecule has 0 bridgehead atoms. The van der Waals surface area contributed by atoms with Gasteiger partial charge in [0.05, 0.1) is 17.6 Å². The molecule has 1 saturated heterocycles. The van der Waals surface area contributed by atoms with Gasteiger partial charge in [-0.05, 0) is 48.0 Å². The Morgan fingerprint density at radius 1 is 0.933 bits per heavy atom. The van der Waals surface area contributed by atoms with Crippen molar-refractivity contribution in [3.8, 4) is 0 Å². The van der Waals surface area contributed by atoms with Crippen molar-refractivity contribution in [3.63, 3.8) is 0 Å². The highest BCUT2D eigenvalue weighted by atomic mass is 35.5. The van der Waals surface area contributed by atoms with E-state index in [1.807, 2.05) is 71.6 Å². The Hall–Kier alpha value is -2.82. The van der Waals surface area contributed by atoms with Gasteiger partial charge in [0.15, 0.2) is 0 Å². The van der Waals surface area contributed by atoms with Gasteiger partial charge < -0.3 is 9.47 Å². The number of benzene rings is 3. The number of anilines is 1. The Morgan fingerprint density at radius 2 is 1.67 bits per heavy atom. The lowest BCUT2D eigenvalue weighted by atomic mass is 10.1. The van der Waals surface area contributed by atoms with E-state index in [-0.39, 0.29) is 11.8 Å². The van der Waals surface area contributed by atoms with Crippen LogP contribution in [0.5, 0.6) is 0 Å². The van der Waals surface area contributed by atoms with Gasteiger partial charge in [0, 0.05) is 34.6 Å². The number of carbonyl (C=O) groups is 1. The molecule has 30 heavy (non-hydrogen) atoms. The molecule has 0 spiro atoms. The van der Waals surface area contributed by atoms with E-state index in [0.29, 0.717) is 24.5 Å². The molecule has 1 aliphatic heterocycles. The second kappa shape index (κ2) is 7.78. The van der Waals surface area contributed by atoms with Crippen LogP contribution in [0.25, 0.3) is 11.0 Å². The fourth-order valence-electron chi connectivity index (χ4n) is 4.12. The SMILES string of the molecule is O=C1CC(c2nc3ccccc3n2Cc2ccccc2Cl)CN1c1ccc(Cl)cc1. The van der Waals surface area contributed by atoms with Crippen molar-refractivity contribution in [1.82, 2.24) is 9.55 Å². The average Bonchev–Trinajstić information content (AvgIpc) is 3.31. The summed E-state index contributed by atoms with van der Waals surface area (Å²) in [6.07, 6.45) is 0.425. The van der Waals surface area contributed by atoms with Crippen LogP contribution in [0.3, 0.4) is 0 Å². The van der Waals surface area contributed by atoms with Crippen molar-refractivity contribution in [1.29, 1.82) is 0 Å². The summed E-state index contributed by atoms with van der Waals surface area (Å²) in [6, 6.07) is 23.3. The molecular weight excluding hydrogens is 417 g/mol. The quantitative estimate of drug-likeness (QED) is 0.399. The van der Waals surface area contributed by atoms with E-state index in [1.165, 1.54) is 0 Å². The average molecular weight is 436 g/mol. The van der Waals surface area contributed by atoms with Gasteiger partial charge in [0.2, 0.25) is 5.91 Å². The van der Waals surface area contributed by atoms with Crippen LogP contribution < -0.4 is 4.90 Å². The molecule has 4 nitrogen and oxygen atoms in total. The van der Waals surface area contributed by atoms with Crippen LogP contribution in [0, 0.1) is 0 Å². The van der Waals surface area contributed by atoms with Crippen molar-refractivity contribution < 1.29 is 4.79 Å². The summed E-state index contributed by atoms with van der Waals surface area (Å²) in [4.78, 5) is 19.6. The van der Waals surface area contributed by atoms with E-state index in [4.69, 9.17) is 28.2 Å². The third-order valence-electron chi connectivity index (χ3n) is 5.60. The summed E-state index contributed by atoms with van der Waals surface area (Å²) in [5.74, 6) is 1.02. The van der Waals surface area contributed by atoms with Gasteiger partial charge >= 0.3 is 0 Å². The summed E-state index contributed by atoms with van der Waals surface area (Å²) in [7, 11) is 0. The Morgan fingerprint density at radius 3 is 2.47 bits per heavy atom. The van der Waals surface area contributed by atoms with Crippen LogP contribution in [0.4, 0.5) is 5.69 Å². The Bertz CT molecular complexity index is 1230. The van der Waals surface area contributed by atoms with Gasteiger partial charge in [-0.1, -0.05) is 53.5 Å². The van der Waals surface area contributed by atoms with Gasteiger partial charge in [-0.2, -0.15) is 0 Å². The zero-order chi connectivity index (χ0) is 20.7. The van der Waals surface area contributed by atoms with Crippen molar-refractivity contribution in [2.75, 3.05) is 11.4 Å². The standard InChI is InChI=1S/C24H19Cl2N3O/c25-18-9-11-19(12-10-18)28-15-17(13-23(28)30)24-27-21-7-3-4-8-22(21)29(24)14-16-5-1-2-6-20(16)26/h1-12,17H,13-15H2. The Kier molecular flexibility index (Phi) is 4.97. The van der Waals surface area contributed by atoms with E-state index < -0.39 is 0 Å².